The van der Waals surface area contributed by atoms with E-state index in [4.69, 9.17) is 13.8 Å². The van der Waals surface area contributed by atoms with Gasteiger partial charge in [0.2, 0.25) is 11.8 Å². The molecule has 0 saturated heterocycles. The van der Waals surface area contributed by atoms with Gasteiger partial charge < -0.3 is 14.2 Å². The van der Waals surface area contributed by atoms with E-state index in [2.05, 4.69) is 113 Å². The Hall–Kier alpha value is -5.81. The topological polar surface area (TPSA) is 55.6 Å². The van der Waals surface area contributed by atoms with Crippen molar-refractivity contribution in [3.05, 3.63) is 139 Å². The number of benzene rings is 6. The molecule has 1 N–H and O–H groups in total. The number of hydrogen-bond donors (Lipinski definition) is 1. The molecule has 0 saturated carbocycles. The quantitative estimate of drug-likeness (QED) is 0.220. The van der Waals surface area contributed by atoms with Gasteiger partial charge in [0.25, 0.3) is 0 Å². The normalized spacial score (nSPS) is 15.1. The zero-order chi connectivity index (χ0) is 28.1. The maximum absolute atomic E-state index is 6.44. The van der Waals surface area contributed by atoms with Crippen LogP contribution < -0.4 is 5.32 Å². The molecule has 0 amide bonds. The molecule has 4 heterocycles. The highest BCUT2D eigenvalue weighted by Gasteiger charge is 2.31. The largest absolute Gasteiger partial charge is 0.456 e. The van der Waals surface area contributed by atoms with Crippen LogP contribution in [0.3, 0.4) is 0 Å². The van der Waals surface area contributed by atoms with E-state index in [1.54, 1.807) is 0 Å². The van der Waals surface area contributed by atoms with Crippen molar-refractivity contribution >= 4 is 77.3 Å². The predicted octanol–water partition coefficient (Wildman–Crippen LogP) is 9.82. The van der Waals surface area contributed by atoms with Gasteiger partial charge >= 0.3 is 0 Å². The van der Waals surface area contributed by atoms with Gasteiger partial charge in [0, 0.05) is 26.9 Å². The summed E-state index contributed by atoms with van der Waals surface area (Å²) < 4.78 is 15.0. The first kappa shape index (κ1) is 22.8. The smallest absolute Gasteiger partial charge is 0.228 e. The molecule has 43 heavy (non-hydrogen) atoms. The van der Waals surface area contributed by atoms with E-state index in [9.17, 15) is 0 Å². The summed E-state index contributed by atoms with van der Waals surface area (Å²) in [5, 5.41) is 11.9. The van der Waals surface area contributed by atoms with Crippen LogP contribution in [0.1, 0.15) is 17.2 Å². The summed E-state index contributed by atoms with van der Waals surface area (Å²) >= 11 is 0. The van der Waals surface area contributed by atoms with Crippen LogP contribution in [0, 0.1) is 0 Å². The third-order valence-corrected chi connectivity index (χ3v) is 8.87. The highest BCUT2D eigenvalue weighted by Crippen LogP contribution is 2.43. The molecule has 1 aliphatic heterocycles. The fourth-order valence-electron chi connectivity index (χ4n) is 6.91. The summed E-state index contributed by atoms with van der Waals surface area (Å²) in [5.74, 6) is 1.35. The van der Waals surface area contributed by atoms with Crippen LogP contribution in [-0.4, -0.2) is 10.5 Å². The molecular weight excluding hydrogens is 530 g/mol. The molecule has 202 valence electrons. The Morgan fingerprint density at radius 3 is 2.07 bits per heavy atom. The Morgan fingerprint density at radius 2 is 1.21 bits per heavy atom. The zero-order valence-electron chi connectivity index (χ0n) is 22.9. The number of furan rings is 2. The molecule has 1 aliphatic rings. The van der Waals surface area contributed by atoms with Crippen LogP contribution in [0.2, 0.25) is 0 Å². The average Bonchev–Trinajstić information content (AvgIpc) is 3.72. The lowest BCUT2D eigenvalue weighted by atomic mass is 9.95. The molecule has 9 aromatic rings. The molecule has 5 nitrogen and oxygen atoms in total. The Kier molecular flexibility index (Phi) is 4.44. The van der Waals surface area contributed by atoms with E-state index in [1.165, 1.54) is 21.5 Å². The number of fused-ring (bicyclic) bond motifs is 10. The van der Waals surface area contributed by atoms with Crippen molar-refractivity contribution in [2.45, 2.75) is 6.04 Å². The van der Waals surface area contributed by atoms with E-state index in [-0.39, 0.29) is 6.04 Å². The third kappa shape index (κ3) is 3.19. The van der Waals surface area contributed by atoms with Crippen LogP contribution in [0.15, 0.2) is 141 Å². The minimum absolute atomic E-state index is 0.208. The van der Waals surface area contributed by atoms with Crippen LogP contribution in [0.25, 0.3) is 65.5 Å². The molecule has 10 rings (SSSR count). The SMILES string of the molecule is c1ccc2cc3c(cc2c1)c1ccccc1n3C1=Nc2oc3ccccc3c2C(c2ccc3c(c2)oc2ccccc23)N1. The minimum Gasteiger partial charge on any atom is -0.456 e. The molecule has 1 unspecified atom stereocenters. The number of nitrogens with zero attached hydrogens (tertiary/aromatic N) is 2. The van der Waals surface area contributed by atoms with Crippen LogP contribution in [-0.2, 0) is 0 Å². The number of nitrogens with one attached hydrogen (secondary N) is 1. The third-order valence-electron chi connectivity index (χ3n) is 8.87. The van der Waals surface area contributed by atoms with E-state index < -0.39 is 0 Å². The molecule has 0 bridgehead atoms. The highest BCUT2D eigenvalue weighted by atomic mass is 16.3. The molecule has 3 aromatic heterocycles. The lowest BCUT2D eigenvalue weighted by molar-refractivity contribution is 0.600. The Balaban J connectivity index is 1.24. The lowest BCUT2D eigenvalue weighted by Gasteiger charge is -2.26. The van der Waals surface area contributed by atoms with Crippen molar-refractivity contribution in [2.75, 3.05) is 0 Å². The molecular formula is C38H23N3O2. The second-order valence-corrected chi connectivity index (χ2v) is 11.3. The van der Waals surface area contributed by atoms with Crippen molar-refractivity contribution in [2.24, 2.45) is 4.99 Å². The van der Waals surface area contributed by atoms with Crippen molar-refractivity contribution in [3.63, 3.8) is 0 Å². The van der Waals surface area contributed by atoms with Crippen molar-refractivity contribution in [3.8, 4) is 0 Å². The number of rotatable bonds is 1. The standard InChI is InChI=1S/C38H23N3O2/c1-2-10-23-20-31-29(19-22(23)9-1)25-11-3-6-14-30(25)41(31)38-39-36(35-28-13-5-8-16-33(28)43-37(35)40-38)24-17-18-27-26-12-4-7-15-32(26)42-34(27)21-24/h1-21,36H,(H,39,40). The molecule has 5 heteroatoms. The van der Waals surface area contributed by atoms with Crippen molar-refractivity contribution in [1.82, 2.24) is 9.88 Å². The number of aliphatic imine (C=N–C) groups is 1. The second-order valence-electron chi connectivity index (χ2n) is 11.3. The van der Waals surface area contributed by atoms with Crippen LogP contribution in [0.4, 0.5) is 5.88 Å². The van der Waals surface area contributed by atoms with Crippen LogP contribution in [0.5, 0.6) is 0 Å². The average molecular weight is 554 g/mol. The summed E-state index contributed by atoms with van der Waals surface area (Å²) in [4.78, 5) is 5.16. The van der Waals surface area contributed by atoms with E-state index in [0.717, 1.165) is 61.0 Å². The van der Waals surface area contributed by atoms with Gasteiger partial charge in [-0.25, -0.2) is 0 Å². The number of aromatic nitrogens is 1. The summed E-state index contributed by atoms with van der Waals surface area (Å²) in [6.45, 7) is 0. The summed E-state index contributed by atoms with van der Waals surface area (Å²) in [6, 6.07) is 44.2. The Bertz CT molecular complexity index is 2620. The predicted molar refractivity (Wildman–Crippen MR) is 174 cm³/mol. The lowest BCUT2D eigenvalue weighted by Crippen LogP contribution is -2.36. The molecule has 0 aliphatic carbocycles. The van der Waals surface area contributed by atoms with Gasteiger partial charge in [-0.3, -0.25) is 4.57 Å². The van der Waals surface area contributed by atoms with Crippen molar-refractivity contribution < 1.29 is 8.83 Å². The van der Waals surface area contributed by atoms with Crippen molar-refractivity contribution in [1.29, 1.82) is 0 Å². The number of hydrogen-bond acceptors (Lipinski definition) is 4. The molecule has 1 atom stereocenters. The summed E-state index contributed by atoms with van der Waals surface area (Å²) in [6.07, 6.45) is 0. The van der Waals surface area contributed by atoms with Gasteiger partial charge in [-0.1, -0.05) is 91.0 Å². The molecule has 6 aromatic carbocycles. The summed E-state index contributed by atoms with van der Waals surface area (Å²) in [7, 11) is 0. The summed E-state index contributed by atoms with van der Waals surface area (Å²) in [5.41, 5.74) is 6.87. The Morgan fingerprint density at radius 1 is 0.535 bits per heavy atom. The monoisotopic (exact) mass is 553 g/mol. The van der Waals surface area contributed by atoms with E-state index in [0.29, 0.717) is 5.88 Å². The maximum atomic E-state index is 6.44. The Labute approximate surface area is 245 Å². The first-order chi connectivity index (χ1) is 21.3. The fraction of sp³-hybridized carbons (Fsp3) is 0.0263. The molecule has 0 fully saturated rings. The van der Waals surface area contributed by atoms with Gasteiger partial charge in [-0.2, -0.15) is 4.99 Å². The first-order valence-electron chi connectivity index (χ1n) is 14.5. The van der Waals surface area contributed by atoms with Gasteiger partial charge in [0.05, 0.1) is 22.6 Å². The maximum Gasteiger partial charge on any atom is 0.228 e. The van der Waals surface area contributed by atoms with E-state index in [1.807, 2.05) is 24.3 Å². The highest BCUT2D eigenvalue weighted by molar-refractivity contribution is 6.17. The minimum atomic E-state index is -0.208. The zero-order valence-corrected chi connectivity index (χ0v) is 22.9. The number of para-hydroxylation sites is 3. The van der Waals surface area contributed by atoms with Gasteiger partial charge in [0.15, 0.2) is 0 Å². The molecule has 0 radical (unpaired) electrons. The van der Waals surface area contributed by atoms with Gasteiger partial charge in [0.1, 0.15) is 16.7 Å². The second kappa shape index (κ2) is 8.37. The molecule has 0 spiro atoms. The fourth-order valence-corrected chi connectivity index (χ4v) is 6.91. The van der Waals surface area contributed by atoms with Crippen LogP contribution >= 0.6 is 0 Å². The van der Waals surface area contributed by atoms with Gasteiger partial charge in [-0.05, 0) is 52.7 Å². The van der Waals surface area contributed by atoms with E-state index >= 15 is 0 Å². The van der Waals surface area contributed by atoms with Gasteiger partial charge in [-0.15, -0.1) is 0 Å². The first-order valence-corrected chi connectivity index (χ1v) is 14.5.